The molecule has 1 aromatic heterocycles. The Bertz CT molecular complexity index is 1010. The molecule has 0 saturated carbocycles. The maximum Gasteiger partial charge on any atom is 0.414 e. The van der Waals surface area contributed by atoms with Gasteiger partial charge >= 0.3 is 6.09 Å². The van der Waals surface area contributed by atoms with Crippen molar-refractivity contribution in [2.75, 3.05) is 62.8 Å². The molecule has 0 bridgehead atoms. The lowest BCUT2D eigenvalue weighted by molar-refractivity contribution is -0.135. The summed E-state index contributed by atoms with van der Waals surface area (Å²) in [6, 6.07) is 6.11. The normalized spacial score (nSPS) is 18.4. The third kappa shape index (κ3) is 5.08. The SMILES string of the molecule is COCC(=O)N1CCN(c2ccc(N3C[C@H](CNC(=O)c4ccoc4)OC3=O)cc2F)CC1. The third-order valence-corrected chi connectivity index (χ3v) is 5.63. The minimum atomic E-state index is -0.602. The van der Waals surface area contributed by atoms with Gasteiger partial charge < -0.3 is 29.0 Å². The van der Waals surface area contributed by atoms with Crippen molar-refractivity contribution in [3.63, 3.8) is 0 Å². The molecule has 176 valence electrons. The fraction of sp³-hybridized carbons (Fsp3) is 0.409. The van der Waals surface area contributed by atoms with Gasteiger partial charge in [0.05, 0.1) is 36.3 Å². The number of rotatable bonds is 7. The molecule has 3 amide bonds. The van der Waals surface area contributed by atoms with E-state index in [4.69, 9.17) is 13.9 Å². The molecule has 0 unspecified atom stereocenters. The average Bonchev–Trinajstić information content (AvgIpc) is 3.48. The highest BCUT2D eigenvalue weighted by Gasteiger charge is 2.33. The van der Waals surface area contributed by atoms with Crippen molar-refractivity contribution in [1.82, 2.24) is 10.2 Å². The first-order chi connectivity index (χ1) is 16.0. The zero-order valence-electron chi connectivity index (χ0n) is 18.2. The van der Waals surface area contributed by atoms with E-state index >= 15 is 0 Å². The van der Waals surface area contributed by atoms with E-state index in [0.29, 0.717) is 43.1 Å². The van der Waals surface area contributed by atoms with Gasteiger partial charge in [-0.05, 0) is 24.3 Å². The van der Waals surface area contributed by atoms with E-state index in [1.807, 2.05) is 4.90 Å². The Morgan fingerprint density at radius 2 is 2.00 bits per heavy atom. The zero-order valence-corrected chi connectivity index (χ0v) is 18.2. The van der Waals surface area contributed by atoms with Crippen LogP contribution in [-0.4, -0.2) is 81.9 Å². The Hall–Kier alpha value is -3.60. The van der Waals surface area contributed by atoms with Crippen LogP contribution in [0.25, 0.3) is 0 Å². The summed E-state index contributed by atoms with van der Waals surface area (Å²) in [6.07, 6.45) is 1.55. The lowest BCUT2D eigenvalue weighted by Crippen LogP contribution is -2.50. The summed E-state index contributed by atoms with van der Waals surface area (Å²) < 4.78 is 30.0. The van der Waals surface area contributed by atoms with Crippen LogP contribution < -0.4 is 15.1 Å². The molecule has 1 atom stereocenters. The number of anilines is 2. The number of ether oxygens (including phenoxy) is 2. The quantitative estimate of drug-likeness (QED) is 0.667. The highest BCUT2D eigenvalue weighted by atomic mass is 19.1. The average molecular weight is 460 g/mol. The number of furan rings is 1. The maximum atomic E-state index is 14.9. The minimum absolute atomic E-state index is 0.0307. The largest absolute Gasteiger partial charge is 0.472 e. The Morgan fingerprint density at radius 3 is 2.67 bits per heavy atom. The molecule has 1 N–H and O–H groups in total. The van der Waals surface area contributed by atoms with Gasteiger partial charge in [0.1, 0.15) is 24.8 Å². The maximum absolute atomic E-state index is 14.9. The van der Waals surface area contributed by atoms with Gasteiger partial charge in [-0.3, -0.25) is 14.5 Å². The fourth-order valence-corrected chi connectivity index (χ4v) is 3.87. The summed E-state index contributed by atoms with van der Waals surface area (Å²) in [7, 11) is 1.47. The topological polar surface area (TPSA) is 105 Å². The van der Waals surface area contributed by atoms with Crippen LogP contribution in [0.5, 0.6) is 0 Å². The molecule has 3 heterocycles. The number of carbonyl (C=O) groups excluding carboxylic acids is 3. The number of amides is 3. The highest BCUT2D eigenvalue weighted by molar-refractivity contribution is 5.94. The molecular formula is C22H25FN4O6. The Kier molecular flexibility index (Phi) is 6.78. The van der Waals surface area contributed by atoms with Gasteiger partial charge in [-0.15, -0.1) is 0 Å². The van der Waals surface area contributed by atoms with Crippen molar-refractivity contribution in [2.24, 2.45) is 0 Å². The summed E-state index contributed by atoms with van der Waals surface area (Å²) in [5.74, 6) is -0.887. The van der Waals surface area contributed by atoms with E-state index in [1.165, 1.54) is 36.7 Å². The summed E-state index contributed by atoms with van der Waals surface area (Å²) >= 11 is 0. The first kappa shape index (κ1) is 22.6. The molecule has 4 rings (SSSR count). The molecule has 2 aliphatic heterocycles. The number of methoxy groups -OCH3 is 1. The number of hydrogen-bond donors (Lipinski definition) is 1. The van der Waals surface area contributed by atoms with Crippen molar-refractivity contribution in [3.8, 4) is 0 Å². The molecule has 11 heteroatoms. The van der Waals surface area contributed by atoms with E-state index in [2.05, 4.69) is 5.32 Å². The van der Waals surface area contributed by atoms with Gasteiger partial charge in [-0.1, -0.05) is 0 Å². The first-order valence-electron chi connectivity index (χ1n) is 10.6. The minimum Gasteiger partial charge on any atom is -0.472 e. The second-order valence-corrected chi connectivity index (χ2v) is 7.77. The number of halogens is 1. The number of carbonyl (C=O) groups is 3. The van der Waals surface area contributed by atoms with E-state index in [0.717, 1.165) is 0 Å². The van der Waals surface area contributed by atoms with Crippen LogP contribution in [0.1, 0.15) is 10.4 Å². The molecule has 0 spiro atoms. The van der Waals surface area contributed by atoms with Crippen LogP contribution in [0.2, 0.25) is 0 Å². The van der Waals surface area contributed by atoms with E-state index in [-0.39, 0.29) is 31.5 Å². The second kappa shape index (κ2) is 9.90. The van der Waals surface area contributed by atoms with Crippen molar-refractivity contribution >= 4 is 29.3 Å². The number of hydrogen-bond acceptors (Lipinski definition) is 7. The molecule has 2 saturated heterocycles. The highest BCUT2D eigenvalue weighted by Crippen LogP contribution is 2.28. The van der Waals surface area contributed by atoms with Gasteiger partial charge in [0.25, 0.3) is 5.91 Å². The Morgan fingerprint density at radius 1 is 1.21 bits per heavy atom. The summed E-state index contributed by atoms with van der Waals surface area (Å²) in [5.41, 5.74) is 1.16. The number of benzene rings is 1. The van der Waals surface area contributed by atoms with Crippen molar-refractivity contribution < 1.29 is 32.7 Å². The smallest absolute Gasteiger partial charge is 0.414 e. The molecule has 2 fully saturated rings. The molecule has 10 nitrogen and oxygen atoms in total. The van der Waals surface area contributed by atoms with E-state index in [9.17, 15) is 18.8 Å². The molecule has 2 aromatic rings. The number of nitrogens with one attached hydrogen (secondary N) is 1. The van der Waals surface area contributed by atoms with Gasteiger partial charge in [-0.2, -0.15) is 0 Å². The van der Waals surface area contributed by atoms with Crippen LogP contribution in [0, 0.1) is 5.82 Å². The molecule has 2 aliphatic rings. The van der Waals surface area contributed by atoms with Crippen LogP contribution in [0.15, 0.2) is 41.2 Å². The predicted octanol–water partition coefficient (Wildman–Crippen LogP) is 1.47. The van der Waals surface area contributed by atoms with E-state index < -0.39 is 18.0 Å². The lowest BCUT2D eigenvalue weighted by atomic mass is 10.2. The Balaban J connectivity index is 1.33. The zero-order chi connectivity index (χ0) is 23.4. The van der Waals surface area contributed by atoms with Gasteiger partial charge in [-0.25, -0.2) is 9.18 Å². The van der Waals surface area contributed by atoms with Gasteiger partial charge in [0.15, 0.2) is 0 Å². The Labute approximate surface area is 189 Å². The fourth-order valence-electron chi connectivity index (χ4n) is 3.87. The lowest BCUT2D eigenvalue weighted by Gasteiger charge is -2.36. The van der Waals surface area contributed by atoms with E-state index in [1.54, 1.807) is 17.0 Å². The molecular weight excluding hydrogens is 435 g/mol. The van der Waals surface area contributed by atoms with Crippen LogP contribution in [-0.2, 0) is 14.3 Å². The first-order valence-corrected chi connectivity index (χ1v) is 10.6. The number of nitrogens with zero attached hydrogens (tertiary/aromatic N) is 3. The summed E-state index contributed by atoms with van der Waals surface area (Å²) in [5, 5.41) is 2.68. The summed E-state index contributed by atoms with van der Waals surface area (Å²) in [4.78, 5) is 41.1. The van der Waals surface area contributed by atoms with Crippen molar-refractivity contribution in [1.29, 1.82) is 0 Å². The molecule has 33 heavy (non-hydrogen) atoms. The summed E-state index contributed by atoms with van der Waals surface area (Å²) in [6.45, 7) is 2.29. The van der Waals surface area contributed by atoms with Crippen molar-refractivity contribution in [2.45, 2.75) is 6.10 Å². The van der Waals surface area contributed by atoms with Crippen LogP contribution in [0.4, 0.5) is 20.6 Å². The second-order valence-electron chi connectivity index (χ2n) is 7.77. The predicted molar refractivity (Wildman–Crippen MR) is 116 cm³/mol. The number of cyclic esters (lactones) is 1. The molecule has 1 aromatic carbocycles. The molecule has 0 aliphatic carbocycles. The van der Waals surface area contributed by atoms with Crippen LogP contribution >= 0.6 is 0 Å². The van der Waals surface area contributed by atoms with Crippen molar-refractivity contribution in [3.05, 3.63) is 48.2 Å². The third-order valence-electron chi connectivity index (χ3n) is 5.63. The molecule has 0 radical (unpaired) electrons. The van der Waals surface area contributed by atoms with Gasteiger partial charge in [0.2, 0.25) is 5.91 Å². The standard InChI is InChI=1S/C22H25FN4O6/c1-31-14-20(28)26-7-5-25(6-8-26)19-3-2-16(10-18(19)23)27-12-17(33-22(27)30)11-24-21(29)15-4-9-32-13-15/h2-4,9-10,13,17H,5-8,11-12,14H2,1H3,(H,24,29)/t17-/m0/s1. The number of piperazine rings is 1. The van der Waals surface area contributed by atoms with Gasteiger partial charge in [0, 0.05) is 33.3 Å². The monoisotopic (exact) mass is 460 g/mol. The van der Waals surface area contributed by atoms with Crippen LogP contribution in [0.3, 0.4) is 0 Å².